The van der Waals surface area contributed by atoms with Crippen LogP contribution in [0.15, 0.2) is 25.3 Å². The molecular formula is C18H26O8. The van der Waals surface area contributed by atoms with Crippen molar-refractivity contribution in [3.05, 3.63) is 25.3 Å². The molecule has 0 aromatic heterocycles. The predicted octanol–water partition coefficient (Wildman–Crippen LogP) is 1.48. The van der Waals surface area contributed by atoms with Gasteiger partial charge < -0.3 is 28.4 Å². The molecule has 0 N–H and O–H groups in total. The number of hydrogen-bond donors (Lipinski definition) is 0. The van der Waals surface area contributed by atoms with Crippen molar-refractivity contribution in [1.82, 2.24) is 0 Å². The number of esters is 2. The van der Waals surface area contributed by atoms with Crippen LogP contribution in [-0.4, -0.2) is 61.1 Å². The third kappa shape index (κ3) is 4.70. The first-order chi connectivity index (χ1) is 12.1. The molecule has 2 unspecified atom stereocenters. The Morgan fingerprint density at radius 3 is 1.46 bits per heavy atom. The SMILES string of the molecule is C=CCOC(=O)[C@H]1OC(C)(C)OC1C1OC(C)(C)O[C@H]1C(=O)OCC=C. The van der Waals surface area contributed by atoms with Gasteiger partial charge in [-0.1, -0.05) is 25.3 Å². The second kappa shape index (κ2) is 7.87. The molecule has 0 aromatic rings. The molecule has 0 aliphatic carbocycles. The van der Waals surface area contributed by atoms with Crippen molar-refractivity contribution in [1.29, 1.82) is 0 Å². The Labute approximate surface area is 153 Å². The van der Waals surface area contributed by atoms with E-state index >= 15 is 0 Å². The second-order valence-electron chi connectivity index (χ2n) is 6.88. The minimum atomic E-state index is -1.08. The van der Waals surface area contributed by atoms with Crippen molar-refractivity contribution >= 4 is 11.9 Å². The molecule has 0 amide bonds. The fraction of sp³-hybridized carbons (Fsp3) is 0.667. The Morgan fingerprint density at radius 2 is 1.15 bits per heavy atom. The topological polar surface area (TPSA) is 89.5 Å². The van der Waals surface area contributed by atoms with Crippen LogP contribution in [0.4, 0.5) is 0 Å². The lowest BCUT2D eigenvalue weighted by Gasteiger charge is -2.24. The summed E-state index contributed by atoms with van der Waals surface area (Å²) in [6.45, 7) is 13.7. The van der Waals surface area contributed by atoms with E-state index in [9.17, 15) is 9.59 Å². The summed E-state index contributed by atoms with van der Waals surface area (Å²) in [6.07, 6.45) is -1.09. The average Bonchev–Trinajstić information content (AvgIpc) is 3.06. The molecule has 2 rings (SSSR count). The van der Waals surface area contributed by atoms with Gasteiger partial charge in [-0.05, 0) is 27.7 Å². The van der Waals surface area contributed by atoms with Crippen LogP contribution < -0.4 is 0 Å². The van der Waals surface area contributed by atoms with E-state index in [1.165, 1.54) is 12.2 Å². The van der Waals surface area contributed by atoms with Gasteiger partial charge in [0.2, 0.25) is 0 Å². The highest BCUT2D eigenvalue weighted by molar-refractivity contribution is 5.78. The average molecular weight is 370 g/mol. The quantitative estimate of drug-likeness (QED) is 0.492. The van der Waals surface area contributed by atoms with Gasteiger partial charge in [0.05, 0.1) is 0 Å². The van der Waals surface area contributed by atoms with Crippen LogP contribution in [0.25, 0.3) is 0 Å². The highest BCUT2D eigenvalue weighted by atomic mass is 16.8. The summed E-state index contributed by atoms with van der Waals surface area (Å²) in [5.74, 6) is -3.39. The van der Waals surface area contributed by atoms with Crippen LogP contribution in [0, 0.1) is 0 Å². The van der Waals surface area contributed by atoms with Crippen molar-refractivity contribution in [2.45, 2.75) is 63.7 Å². The van der Waals surface area contributed by atoms with E-state index in [4.69, 9.17) is 28.4 Å². The van der Waals surface area contributed by atoms with E-state index in [0.29, 0.717) is 0 Å². The molecule has 26 heavy (non-hydrogen) atoms. The van der Waals surface area contributed by atoms with Crippen LogP contribution in [0.3, 0.4) is 0 Å². The maximum absolute atomic E-state index is 12.4. The molecule has 0 saturated carbocycles. The summed E-state index contributed by atoms with van der Waals surface area (Å²) in [4.78, 5) is 24.7. The van der Waals surface area contributed by atoms with E-state index in [2.05, 4.69) is 13.2 Å². The van der Waals surface area contributed by atoms with Gasteiger partial charge in [0.25, 0.3) is 0 Å². The van der Waals surface area contributed by atoms with Gasteiger partial charge in [-0.15, -0.1) is 0 Å². The minimum Gasteiger partial charge on any atom is -0.459 e. The second-order valence-corrected chi connectivity index (χ2v) is 6.88. The Bertz CT molecular complexity index is 518. The number of carbonyl (C=O) groups is 2. The third-order valence-electron chi connectivity index (χ3n) is 3.73. The monoisotopic (exact) mass is 370 g/mol. The standard InChI is InChI=1S/C18H26O8/c1-7-9-21-15(19)13-11(23-17(3,4)25-13)12-14(16(20)22-10-8-2)26-18(5,6)24-12/h7-8,11-14H,1-2,9-10H2,3-6H3/t11?,12?,13-,14+. The zero-order valence-corrected chi connectivity index (χ0v) is 15.6. The summed E-state index contributed by atoms with van der Waals surface area (Å²) in [7, 11) is 0. The lowest BCUT2D eigenvalue weighted by atomic mass is 10.0. The zero-order chi connectivity index (χ0) is 19.5. The molecule has 0 spiro atoms. The van der Waals surface area contributed by atoms with Crippen molar-refractivity contribution in [3.63, 3.8) is 0 Å². The molecule has 2 aliphatic heterocycles. The zero-order valence-electron chi connectivity index (χ0n) is 15.6. The Morgan fingerprint density at radius 1 is 0.808 bits per heavy atom. The highest BCUT2D eigenvalue weighted by Gasteiger charge is 2.58. The van der Waals surface area contributed by atoms with Gasteiger partial charge >= 0.3 is 11.9 Å². The maximum Gasteiger partial charge on any atom is 0.338 e. The van der Waals surface area contributed by atoms with E-state index in [0.717, 1.165) is 0 Å². The number of carbonyl (C=O) groups excluding carboxylic acids is 2. The highest BCUT2D eigenvalue weighted by Crippen LogP contribution is 2.39. The smallest absolute Gasteiger partial charge is 0.338 e. The van der Waals surface area contributed by atoms with Crippen LogP contribution >= 0.6 is 0 Å². The van der Waals surface area contributed by atoms with Gasteiger partial charge in [0.1, 0.15) is 25.4 Å². The molecule has 0 aromatic carbocycles. The molecule has 4 atom stereocenters. The van der Waals surface area contributed by atoms with Crippen molar-refractivity contribution in [2.75, 3.05) is 13.2 Å². The summed E-state index contributed by atoms with van der Waals surface area (Å²) in [5, 5.41) is 0. The van der Waals surface area contributed by atoms with Crippen LogP contribution in [-0.2, 0) is 38.0 Å². The number of rotatable bonds is 7. The van der Waals surface area contributed by atoms with Crippen LogP contribution in [0.1, 0.15) is 27.7 Å². The Balaban J connectivity index is 2.24. The van der Waals surface area contributed by atoms with Gasteiger partial charge in [-0.3, -0.25) is 0 Å². The van der Waals surface area contributed by atoms with Gasteiger partial charge in [0.15, 0.2) is 23.8 Å². The summed E-state index contributed by atoms with van der Waals surface area (Å²) < 4.78 is 33.2. The summed E-state index contributed by atoms with van der Waals surface area (Å²) in [5.41, 5.74) is 0. The van der Waals surface area contributed by atoms with Crippen LogP contribution in [0.2, 0.25) is 0 Å². The first kappa shape index (κ1) is 20.6. The molecule has 2 saturated heterocycles. The molecule has 2 aliphatic rings. The van der Waals surface area contributed by atoms with Gasteiger partial charge in [-0.25, -0.2) is 9.59 Å². The van der Waals surface area contributed by atoms with Gasteiger partial charge in [0, 0.05) is 0 Å². The lowest BCUT2D eigenvalue weighted by Crippen LogP contribution is -2.48. The fourth-order valence-corrected chi connectivity index (χ4v) is 2.87. The molecule has 146 valence electrons. The summed E-state index contributed by atoms with van der Waals surface area (Å²) in [6, 6.07) is 0. The molecule has 0 radical (unpaired) electrons. The van der Waals surface area contributed by atoms with E-state index < -0.39 is 47.9 Å². The lowest BCUT2D eigenvalue weighted by molar-refractivity contribution is -0.177. The normalized spacial score (nSPS) is 32.0. The molecule has 2 fully saturated rings. The predicted molar refractivity (Wildman–Crippen MR) is 90.0 cm³/mol. The van der Waals surface area contributed by atoms with Crippen molar-refractivity contribution < 1.29 is 38.0 Å². The molecular weight excluding hydrogens is 344 g/mol. The number of ether oxygens (including phenoxy) is 6. The molecule has 0 bridgehead atoms. The largest absolute Gasteiger partial charge is 0.459 e. The first-order valence-electron chi connectivity index (χ1n) is 8.36. The van der Waals surface area contributed by atoms with E-state index in [-0.39, 0.29) is 13.2 Å². The Hall–Kier alpha value is -1.74. The van der Waals surface area contributed by atoms with Gasteiger partial charge in [-0.2, -0.15) is 0 Å². The van der Waals surface area contributed by atoms with E-state index in [1.807, 2.05) is 0 Å². The van der Waals surface area contributed by atoms with E-state index in [1.54, 1.807) is 27.7 Å². The molecule has 8 nitrogen and oxygen atoms in total. The number of hydrogen-bond acceptors (Lipinski definition) is 8. The minimum absolute atomic E-state index is 0.0319. The molecule has 2 heterocycles. The maximum atomic E-state index is 12.4. The fourth-order valence-electron chi connectivity index (χ4n) is 2.87. The van der Waals surface area contributed by atoms with Crippen LogP contribution in [0.5, 0.6) is 0 Å². The third-order valence-corrected chi connectivity index (χ3v) is 3.73. The first-order valence-corrected chi connectivity index (χ1v) is 8.36. The van der Waals surface area contributed by atoms with Crippen molar-refractivity contribution in [3.8, 4) is 0 Å². The molecule has 8 heteroatoms. The Kier molecular flexibility index (Phi) is 6.23. The summed E-state index contributed by atoms with van der Waals surface area (Å²) >= 11 is 0. The van der Waals surface area contributed by atoms with Crippen molar-refractivity contribution in [2.24, 2.45) is 0 Å².